The molecule has 7 nitrogen and oxygen atoms in total. The number of carbonyl (C=O) groups is 1. The zero-order chi connectivity index (χ0) is 20.6. The Bertz CT molecular complexity index is 751. The van der Waals surface area contributed by atoms with Gasteiger partial charge in [0.05, 0.1) is 7.11 Å². The van der Waals surface area contributed by atoms with Crippen LogP contribution in [-0.2, 0) is 0 Å². The fourth-order valence-electron chi connectivity index (χ4n) is 2.05. The zero-order valence-corrected chi connectivity index (χ0v) is 14.8. The van der Waals surface area contributed by atoms with Crippen molar-refractivity contribution in [3.8, 4) is 17.2 Å². The van der Waals surface area contributed by atoms with Crippen molar-refractivity contribution in [1.29, 1.82) is 0 Å². The molecule has 2 amide bonds. The number of aliphatic hydroxyl groups is 1. The van der Waals surface area contributed by atoms with Crippen LogP contribution in [0.5, 0.6) is 17.2 Å². The van der Waals surface area contributed by atoms with Crippen LogP contribution in [0.25, 0.3) is 0 Å². The van der Waals surface area contributed by atoms with Gasteiger partial charge >= 0.3 is 12.4 Å². The Kier molecular flexibility index (Phi) is 7.33. The number of hydrogen-bond donors (Lipinski definition) is 3. The van der Waals surface area contributed by atoms with E-state index in [1.165, 1.54) is 12.1 Å². The van der Waals surface area contributed by atoms with E-state index in [2.05, 4.69) is 15.4 Å². The summed E-state index contributed by atoms with van der Waals surface area (Å²) in [4.78, 5) is 11.8. The lowest BCUT2D eigenvalue weighted by atomic mass is 10.3. The number of benzene rings is 2. The number of aliphatic hydroxyl groups excluding tert-OH is 1. The third-order valence-electron chi connectivity index (χ3n) is 3.35. The van der Waals surface area contributed by atoms with Crippen molar-refractivity contribution < 1.29 is 37.3 Å². The molecule has 2 aromatic rings. The summed E-state index contributed by atoms with van der Waals surface area (Å²) in [5.41, 5.74) is 0.260. The van der Waals surface area contributed by atoms with Crippen molar-refractivity contribution in [3.63, 3.8) is 0 Å². The van der Waals surface area contributed by atoms with Gasteiger partial charge in [-0.15, -0.1) is 13.2 Å². The Morgan fingerprint density at radius 3 is 2.18 bits per heavy atom. The van der Waals surface area contributed by atoms with E-state index in [9.17, 15) is 23.1 Å². The Morgan fingerprint density at radius 2 is 1.61 bits per heavy atom. The standard InChI is InChI=1S/C18H19F3N2O5/c1-26-14-6-8-15(9-7-14)27-11-13(24)10-22-17(25)23-12-2-4-16(5-3-12)28-18(19,20)21/h2-9,13,24H,10-11H2,1H3,(H2,22,23,25)/t13-/m1/s1. The van der Waals surface area contributed by atoms with Gasteiger partial charge in [-0.3, -0.25) is 0 Å². The van der Waals surface area contributed by atoms with Crippen LogP contribution in [0.3, 0.4) is 0 Å². The second-order valence-electron chi connectivity index (χ2n) is 5.55. The molecule has 3 N–H and O–H groups in total. The molecule has 152 valence electrons. The maximum Gasteiger partial charge on any atom is 0.573 e. The van der Waals surface area contributed by atoms with E-state index >= 15 is 0 Å². The molecule has 0 unspecified atom stereocenters. The molecule has 0 aliphatic heterocycles. The normalized spacial score (nSPS) is 12.0. The predicted molar refractivity (Wildman–Crippen MR) is 94.6 cm³/mol. The minimum Gasteiger partial charge on any atom is -0.497 e. The van der Waals surface area contributed by atoms with Crippen molar-refractivity contribution >= 4 is 11.7 Å². The summed E-state index contributed by atoms with van der Waals surface area (Å²) < 4.78 is 50.4. The van der Waals surface area contributed by atoms with Crippen LogP contribution in [0.4, 0.5) is 23.7 Å². The van der Waals surface area contributed by atoms with Crippen LogP contribution < -0.4 is 24.8 Å². The molecule has 0 spiro atoms. The molecule has 2 rings (SSSR count). The number of anilines is 1. The van der Waals surface area contributed by atoms with Crippen LogP contribution in [0.1, 0.15) is 0 Å². The first-order chi connectivity index (χ1) is 13.2. The van der Waals surface area contributed by atoms with Gasteiger partial charge in [-0.1, -0.05) is 0 Å². The highest BCUT2D eigenvalue weighted by Gasteiger charge is 2.30. The van der Waals surface area contributed by atoms with Gasteiger partial charge in [0, 0.05) is 12.2 Å². The predicted octanol–water partition coefficient (Wildman–Crippen LogP) is 3.16. The first kappa shape index (κ1) is 21.2. The Labute approximate surface area is 159 Å². The summed E-state index contributed by atoms with van der Waals surface area (Å²) in [5.74, 6) is 0.805. The minimum absolute atomic E-state index is 0.0455. The molecular weight excluding hydrogens is 381 g/mol. The molecule has 10 heteroatoms. The van der Waals surface area contributed by atoms with Crippen LogP contribution in [-0.4, -0.2) is 43.9 Å². The molecule has 28 heavy (non-hydrogen) atoms. The summed E-state index contributed by atoms with van der Waals surface area (Å²) in [7, 11) is 1.54. The number of hydrogen-bond acceptors (Lipinski definition) is 5. The number of nitrogens with one attached hydrogen (secondary N) is 2. The van der Waals surface area contributed by atoms with Gasteiger partial charge in [0.1, 0.15) is 30.0 Å². The molecule has 0 aliphatic rings. The van der Waals surface area contributed by atoms with Crippen molar-refractivity contribution in [3.05, 3.63) is 48.5 Å². The fourth-order valence-corrected chi connectivity index (χ4v) is 2.05. The van der Waals surface area contributed by atoms with E-state index in [4.69, 9.17) is 9.47 Å². The monoisotopic (exact) mass is 400 g/mol. The summed E-state index contributed by atoms with van der Waals surface area (Å²) in [6, 6.07) is 10.8. The zero-order valence-electron chi connectivity index (χ0n) is 14.8. The minimum atomic E-state index is -4.78. The molecule has 0 fully saturated rings. The van der Waals surface area contributed by atoms with Gasteiger partial charge in [-0.2, -0.15) is 0 Å². The SMILES string of the molecule is COc1ccc(OC[C@H](O)CNC(=O)Nc2ccc(OC(F)(F)F)cc2)cc1. The highest BCUT2D eigenvalue weighted by atomic mass is 19.4. The molecule has 0 saturated heterocycles. The lowest BCUT2D eigenvalue weighted by Gasteiger charge is -2.14. The van der Waals surface area contributed by atoms with Crippen molar-refractivity contribution in [2.24, 2.45) is 0 Å². The van der Waals surface area contributed by atoms with E-state index in [0.717, 1.165) is 12.1 Å². The Balaban J connectivity index is 1.70. The lowest BCUT2D eigenvalue weighted by molar-refractivity contribution is -0.274. The Morgan fingerprint density at radius 1 is 1.04 bits per heavy atom. The van der Waals surface area contributed by atoms with Gasteiger partial charge < -0.3 is 30.0 Å². The third-order valence-corrected chi connectivity index (χ3v) is 3.35. The topological polar surface area (TPSA) is 89.0 Å². The summed E-state index contributed by atoms with van der Waals surface area (Å²) in [5, 5.41) is 14.7. The second-order valence-corrected chi connectivity index (χ2v) is 5.55. The maximum atomic E-state index is 12.1. The van der Waals surface area contributed by atoms with Crippen LogP contribution in [0, 0.1) is 0 Å². The van der Waals surface area contributed by atoms with Crippen LogP contribution >= 0.6 is 0 Å². The fraction of sp³-hybridized carbons (Fsp3) is 0.278. The van der Waals surface area contributed by atoms with E-state index in [1.807, 2.05) is 0 Å². The molecule has 0 radical (unpaired) electrons. The number of alkyl halides is 3. The highest BCUT2D eigenvalue weighted by molar-refractivity contribution is 5.89. The summed E-state index contributed by atoms with van der Waals surface area (Å²) >= 11 is 0. The van der Waals surface area contributed by atoms with Gasteiger partial charge in [0.2, 0.25) is 0 Å². The van der Waals surface area contributed by atoms with Crippen LogP contribution in [0.15, 0.2) is 48.5 Å². The largest absolute Gasteiger partial charge is 0.573 e. The van der Waals surface area contributed by atoms with Gasteiger partial charge in [-0.05, 0) is 48.5 Å². The smallest absolute Gasteiger partial charge is 0.497 e. The van der Waals surface area contributed by atoms with Gasteiger partial charge in [0.15, 0.2) is 0 Å². The molecule has 0 aromatic heterocycles. The Hall–Kier alpha value is -3.14. The first-order valence-electron chi connectivity index (χ1n) is 8.11. The molecule has 1 atom stereocenters. The molecular formula is C18H19F3N2O5. The van der Waals surface area contributed by atoms with E-state index in [0.29, 0.717) is 11.5 Å². The quantitative estimate of drug-likeness (QED) is 0.634. The third kappa shape index (κ3) is 7.62. The number of methoxy groups -OCH3 is 1. The number of amides is 2. The second kappa shape index (κ2) is 9.70. The number of rotatable bonds is 8. The van der Waals surface area contributed by atoms with E-state index < -0.39 is 24.2 Å². The van der Waals surface area contributed by atoms with Gasteiger partial charge in [0.25, 0.3) is 0 Å². The first-order valence-corrected chi connectivity index (χ1v) is 8.11. The lowest BCUT2D eigenvalue weighted by Crippen LogP contribution is -2.37. The molecule has 0 saturated carbocycles. The van der Waals surface area contributed by atoms with Crippen molar-refractivity contribution in [2.45, 2.75) is 12.5 Å². The number of urea groups is 1. The molecule has 2 aromatic carbocycles. The number of halogens is 3. The van der Waals surface area contributed by atoms with Crippen molar-refractivity contribution in [1.82, 2.24) is 5.32 Å². The maximum absolute atomic E-state index is 12.1. The average molecular weight is 400 g/mol. The number of ether oxygens (including phenoxy) is 3. The van der Waals surface area contributed by atoms with E-state index in [-0.39, 0.29) is 18.8 Å². The summed E-state index contributed by atoms with van der Waals surface area (Å²) in [6.07, 6.45) is -5.74. The van der Waals surface area contributed by atoms with Crippen molar-refractivity contribution in [2.75, 3.05) is 25.6 Å². The number of carbonyl (C=O) groups excluding carboxylic acids is 1. The summed E-state index contributed by atoms with van der Waals surface area (Å²) in [6.45, 7) is -0.132. The highest BCUT2D eigenvalue weighted by Crippen LogP contribution is 2.23. The van der Waals surface area contributed by atoms with Gasteiger partial charge in [-0.25, -0.2) is 4.79 Å². The average Bonchev–Trinajstić information content (AvgIpc) is 2.65. The molecule has 0 heterocycles. The van der Waals surface area contributed by atoms with E-state index in [1.54, 1.807) is 31.4 Å². The molecule has 0 bridgehead atoms. The molecule has 0 aliphatic carbocycles. The van der Waals surface area contributed by atoms with Crippen LogP contribution in [0.2, 0.25) is 0 Å².